The van der Waals surface area contributed by atoms with E-state index in [-0.39, 0.29) is 5.91 Å². The smallest absolute Gasteiger partial charge is 0.224 e. The SMILES string of the molecule is Cc1cc(N)ccc1NC(=O)CCCn1cc(I)cn1. The zero-order chi connectivity index (χ0) is 14.5. The normalized spacial score (nSPS) is 10.5. The number of nitrogens with two attached hydrogens (primary N) is 1. The minimum absolute atomic E-state index is 0.0136. The largest absolute Gasteiger partial charge is 0.399 e. The molecule has 106 valence electrons. The van der Waals surface area contributed by atoms with Crippen molar-refractivity contribution in [2.24, 2.45) is 0 Å². The summed E-state index contributed by atoms with van der Waals surface area (Å²) in [5.41, 5.74) is 8.17. The number of nitrogen functional groups attached to an aromatic ring is 1. The van der Waals surface area contributed by atoms with Gasteiger partial charge in [0.05, 0.1) is 9.77 Å². The lowest BCUT2D eigenvalue weighted by Crippen LogP contribution is -2.13. The summed E-state index contributed by atoms with van der Waals surface area (Å²) in [6, 6.07) is 5.47. The Bertz CT molecular complexity index is 609. The van der Waals surface area contributed by atoms with Crippen LogP contribution in [0.15, 0.2) is 30.6 Å². The first-order valence-electron chi connectivity index (χ1n) is 6.38. The van der Waals surface area contributed by atoms with E-state index in [9.17, 15) is 4.79 Å². The lowest BCUT2D eigenvalue weighted by Gasteiger charge is -2.09. The number of nitrogens with zero attached hydrogens (tertiary/aromatic N) is 2. The Hall–Kier alpha value is -1.57. The molecule has 20 heavy (non-hydrogen) atoms. The van der Waals surface area contributed by atoms with E-state index in [0.717, 1.165) is 27.8 Å². The molecule has 0 bridgehead atoms. The van der Waals surface area contributed by atoms with E-state index in [1.54, 1.807) is 12.3 Å². The summed E-state index contributed by atoms with van der Waals surface area (Å²) >= 11 is 2.21. The molecule has 5 nitrogen and oxygen atoms in total. The van der Waals surface area contributed by atoms with Crippen molar-refractivity contribution < 1.29 is 4.79 Å². The van der Waals surface area contributed by atoms with Crippen LogP contribution in [0, 0.1) is 10.5 Å². The summed E-state index contributed by atoms with van der Waals surface area (Å²) in [5, 5.41) is 7.09. The number of carbonyl (C=O) groups excluding carboxylic acids is 1. The van der Waals surface area contributed by atoms with E-state index < -0.39 is 0 Å². The molecule has 0 saturated heterocycles. The first-order chi connectivity index (χ1) is 9.54. The zero-order valence-electron chi connectivity index (χ0n) is 11.3. The summed E-state index contributed by atoms with van der Waals surface area (Å²) in [6.45, 7) is 2.68. The predicted molar refractivity (Wildman–Crippen MR) is 88.4 cm³/mol. The molecule has 0 aliphatic heterocycles. The van der Waals surface area contributed by atoms with Gasteiger partial charge in [0.2, 0.25) is 5.91 Å². The average Bonchev–Trinajstić information content (AvgIpc) is 2.79. The van der Waals surface area contributed by atoms with Gasteiger partial charge in [-0.1, -0.05) is 0 Å². The van der Waals surface area contributed by atoms with Crippen molar-refractivity contribution in [1.29, 1.82) is 0 Å². The van der Waals surface area contributed by atoms with Gasteiger partial charge >= 0.3 is 0 Å². The summed E-state index contributed by atoms with van der Waals surface area (Å²) in [4.78, 5) is 11.9. The molecule has 0 aliphatic carbocycles. The summed E-state index contributed by atoms with van der Waals surface area (Å²) in [5.74, 6) is 0.0136. The molecule has 3 N–H and O–H groups in total. The summed E-state index contributed by atoms with van der Waals surface area (Å²) in [7, 11) is 0. The Morgan fingerprint density at radius 3 is 2.95 bits per heavy atom. The van der Waals surface area contributed by atoms with Crippen LogP contribution in [-0.4, -0.2) is 15.7 Å². The van der Waals surface area contributed by atoms with Crippen LogP contribution in [0.3, 0.4) is 0 Å². The van der Waals surface area contributed by atoms with Gasteiger partial charge in [-0.2, -0.15) is 5.10 Å². The molecule has 2 rings (SSSR count). The molecular weight excluding hydrogens is 367 g/mol. The standard InChI is InChI=1S/C14H17IN4O/c1-10-7-12(16)4-5-13(10)18-14(20)3-2-6-19-9-11(15)8-17-19/h4-5,7-9H,2-3,6,16H2,1H3,(H,18,20). The first-order valence-corrected chi connectivity index (χ1v) is 7.46. The van der Waals surface area contributed by atoms with Crippen molar-refractivity contribution in [2.45, 2.75) is 26.3 Å². The highest BCUT2D eigenvalue weighted by Crippen LogP contribution is 2.17. The molecule has 0 aliphatic rings. The van der Waals surface area contributed by atoms with Crippen LogP contribution < -0.4 is 11.1 Å². The molecule has 1 aromatic carbocycles. The lowest BCUT2D eigenvalue weighted by atomic mass is 10.1. The Morgan fingerprint density at radius 2 is 2.30 bits per heavy atom. The van der Waals surface area contributed by atoms with E-state index >= 15 is 0 Å². The summed E-state index contributed by atoms with van der Waals surface area (Å²) in [6.07, 6.45) is 5.00. The maximum atomic E-state index is 11.9. The molecule has 0 radical (unpaired) electrons. The van der Waals surface area contributed by atoms with Crippen LogP contribution in [0.2, 0.25) is 0 Å². The van der Waals surface area contributed by atoms with E-state index in [1.165, 1.54) is 0 Å². The van der Waals surface area contributed by atoms with E-state index in [2.05, 4.69) is 33.0 Å². The van der Waals surface area contributed by atoms with E-state index in [1.807, 2.05) is 29.9 Å². The topological polar surface area (TPSA) is 72.9 Å². The number of carbonyl (C=O) groups is 1. The Labute approximate surface area is 131 Å². The van der Waals surface area contributed by atoms with Crippen LogP contribution in [0.5, 0.6) is 0 Å². The maximum Gasteiger partial charge on any atom is 0.224 e. The molecule has 1 heterocycles. The number of aryl methyl sites for hydroxylation is 2. The fraction of sp³-hybridized carbons (Fsp3) is 0.286. The molecule has 0 saturated carbocycles. The highest BCUT2D eigenvalue weighted by Gasteiger charge is 2.05. The molecule has 0 spiro atoms. The highest BCUT2D eigenvalue weighted by atomic mass is 127. The van der Waals surface area contributed by atoms with Crippen molar-refractivity contribution in [2.75, 3.05) is 11.1 Å². The third-order valence-corrected chi connectivity index (χ3v) is 3.47. The molecule has 1 aromatic heterocycles. The van der Waals surface area contributed by atoms with Gasteiger partial charge in [-0.25, -0.2) is 0 Å². The van der Waals surface area contributed by atoms with Crippen LogP contribution in [0.25, 0.3) is 0 Å². The number of benzene rings is 1. The number of anilines is 2. The monoisotopic (exact) mass is 384 g/mol. The van der Waals surface area contributed by atoms with Crippen molar-refractivity contribution >= 4 is 39.9 Å². The van der Waals surface area contributed by atoms with Crippen LogP contribution in [0.4, 0.5) is 11.4 Å². The van der Waals surface area contributed by atoms with Crippen LogP contribution >= 0.6 is 22.6 Å². The Balaban J connectivity index is 1.80. The second kappa shape index (κ2) is 6.74. The maximum absolute atomic E-state index is 11.9. The first kappa shape index (κ1) is 14.8. The van der Waals surface area contributed by atoms with Gasteiger partial charge in [-0.15, -0.1) is 0 Å². The molecule has 1 amide bonds. The van der Waals surface area contributed by atoms with Gasteiger partial charge in [0.25, 0.3) is 0 Å². The van der Waals surface area contributed by atoms with Gasteiger partial charge in [0.15, 0.2) is 0 Å². The minimum atomic E-state index is 0.0136. The lowest BCUT2D eigenvalue weighted by molar-refractivity contribution is -0.116. The fourth-order valence-electron chi connectivity index (χ4n) is 1.90. The number of rotatable bonds is 5. The number of nitrogens with one attached hydrogen (secondary N) is 1. The number of hydrogen-bond donors (Lipinski definition) is 2. The van der Waals surface area contributed by atoms with Crippen LogP contribution in [0.1, 0.15) is 18.4 Å². The van der Waals surface area contributed by atoms with Gasteiger partial charge < -0.3 is 11.1 Å². The predicted octanol–water partition coefficient (Wildman–Crippen LogP) is 2.80. The Kier molecular flexibility index (Phi) is 4.99. The van der Waals surface area contributed by atoms with E-state index in [4.69, 9.17) is 5.73 Å². The quantitative estimate of drug-likeness (QED) is 0.615. The van der Waals surface area contributed by atoms with Crippen molar-refractivity contribution in [3.05, 3.63) is 39.7 Å². The second-order valence-electron chi connectivity index (χ2n) is 4.65. The minimum Gasteiger partial charge on any atom is -0.399 e. The number of halogens is 1. The zero-order valence-corrected chi connectivity index (χ0v) is 13.4. The molecule has 0 fully saturated rings. The van der Waals surface area contributed by atoms with Gasteiger partial charge in [-0.05, 0) is 59.7 Å². The average molecular weight is 384 g/mol. The van der Waals surface area contributed by atoms with Crippen LogP contribution in [-0.2, 0) is 11.3 Å². The molecule has 6 heteroatoms. The number of aromatic nitrogens is 2. The number of amides is 1. The molecule has 2 aromatic rings. The molecule has 0 unspecified atom stereocenters. The number of hydrogen-bond acceptors (Lipinski definition) is 3. The van der Waals surface area contributed by atoms with Crippen molar-refractivity contribution in [3.8, 4) is 0 Å². The van der Waals surface area contributed by atoms with Crippen molar-refractivity contribution in [1.82, 2.24) is 9.78 Å². The third-order valence-electron chi connectivity index (χ3n) is 2.92. The van der Waals surface area contributed by atoms with E-state index in [0.29, 0.717) is 12.1 Å². The highest BCUT2D eigenvalue weighted by molar-refractivity contribution is 14.1. The third kappa shape index (κ3) is 4.22. The second-order valence-corrected chi connectivity index (χ2v) is 5.89. The fourth-order valence-corrected chi connectivity index (χ4v) is 2.35. The van der Waals surface area contributed by atoms with Gasteiger partial charge in [0, 0.05) is 30.5 Å². The molecule has 0 atom stereocenters. The molecular formula is C14H17IN4O. The van der Waals surface area contributed by atoms with Gasteiger partial charge in [-0.3, -0.25) is 9.48 Å². The summed E-state index contributed by atoms with van der Waals surface area (Å²) < 4.78 is 2.95. The van der Waals surface area contributed by atoms with Crippen molar-refractivity contribution in [3.63, 3.8) is 0 Å². The Morgan fingerprint density at radius 1 is 1.50 bits per heavy atom. The van der Waals surface area contributed by atoms with Gasteiger partial charge in [0.1, 0.15) is 0 Å².